The highest BCUT2D eigenvalue weighted by Crippen LogP contribution is 2.45. The summed E-state index contributed by atoms with van der Waals surface area (Å²) in [5.41, 5.74) is 0.0323. The minimum absolute atomic E-state index is 0.0985. The van der Waals surface area contributed by atoms with Gasteiger partial charge in [0.2, 0.25) is 5.91 Å². The summed E-state index contributed by atoms with van der Waals surface area (Å²) in [5.74, 6) is 0.305. The van der Waals surface area contributed by atoms with E-state index in [1.54, 1.807) is 0 Å². The first kappa shape index (κ1) is 15.8. The van der Waals surface area contributed by atoms with Crippen molar-refractivity contribution in [3.05, 3.63) is 0 Å². The second-order valence-electron chi connectivity index (χ2n) is 6.95. The van der Waals surface area contributed by atoms with Crippen LogP contribution < -0.4 is 0 Å². The van der Waals surface area contributed by atoms with E-state index < -0.39 is 0 Å². The van der Waals surface area contributed by atoms with Crippen molar-refractivity contribution in [1.82, 2.24) is 4.90 Å². The van der Waals surface area contributed by atoms with E-state index in [2.05, 4.69) is 20.8 Å². The van der Waals surface area contributed by atoms with Crippen LogP contribution >= 0.6 is 0 Å². The van der Waals surface area contributed by atoms with Crippen molar-refractivity contribution in [3.8, 4) is 0 Å². The normalized spacial score (nSPS) is 30.2. The van der Waals surface area contributed by atoms with E-state index >= 15 is 0 Å². The fourth-order valence-electron chi connectivity index (χ4n) is 3.81. The highest BCUT2D eigenvalue weighted by molar-refractivity contribution is 5.77. The van der Waals surface area contributed by atoms with Gasteiger partial charge in [0, 0.05) is 26.1 Å². The van der Waals surface area contributed by atoms with Gasteiger partial charge < -0.3 is 14.4 Å². The number of carbonyl (C=O) groups is 1. The molecule has 0 spiro atoms. The number of morpholine rings is 1. The molecule has 2 rings (SSSR count). The summed E-state index contributed by atoms with van der Waals surface area (Å²) in [4.78, 5) is 14.6. The molecule has 0 saturated carbocycles. The van der Waals surface area contributed by atoms with Gasteiger partial charge in [0.05, 0.1) is 18.8 Å². The number of hydrogen-bond acceptors (Lipinski definition) is 3. The number of carbonyl (C=O) groups excluding carboxylic acids is 1. The van der Waals surface area contributed by atoms with Crippen LogP contribution in [0.5, 0.6) is 0 Å². The van der Waals surface area contributed by atoms with Crippen molar-refractivity contribution in [2.75, 3.05) is 32.9 Å². The molecule has 1 amide bonds. The van der Waals surface area contributed by atoms with E-state index in [4.69, 9.17) is 9.47 Å². The fourth-order valence-corrected chi connectivity index (χ4v) is 3.81. The molecule has 0 bridgehead atoms. The Labute approximate surface area is 122 Å². The molecule has 2 aliphatic rings. The first-order chi connectivity index (χ1) is 9.46. The second-order valence-corrected chi connectivity index (χ2v) is 6.95. The summed E-state index contributed by atoms with van der Waals surface area (Å²) in [5, 5.41) is 0. The van der Waals surface area contributed by atoms with Crippen LogP contribution in [0, 0.1) is 5.41 Å². The van der Waals surface area contributed by atoms with E-state index in [0.29, 0.717) is 25.5 Å². The molecule has 1 atom stereocenters. The van der Waals surface area contributed by atoms with Crippen molar-refractivity contribution >= 4 is 5.91 Å². The van der Waals surface area contributed by atoms with Gasteiger partial charge in [-0.1, -0.05) is 13.3 Å². The standard InChI is InChI=1S/C16H29NO3/c1-4-5-16(6-9-20-15(2,3)13-16)12-14(18)17-7-10-19-11-8-17/h4-13H2,1-3H3/t16-/m0/s1. The van der Waals surface area contributed by atoms with Gasteiger partial charge in [-0.15, -0.1) is 0 Å². The molecule has 2 aliphatic heterocycles. The Morgan fingerprint density at radius 1 is 1.20 bits per heavy atom. The molecule has 0 unspecified atom stereocenters. The summed E-state index contributed by atoms with van der Waals surface area (Å²) < 4.78 is 11.2. The minimum atomic E-state index is -0.0985. The first-order valence-corrected chi connectivity index (χ1v) is 7.96. The van der Waals surface area contributed by atoms with Crippen molar-refractivity contribution < 1.29 is 14.3 Å². The summed E-state index contributed by atoms with van der Waals surface area (Å²) in [6.07, 6.45) is 4.93. The highest BCUT2D eigenvalue weighted by atomic mass is 16.5. The minimum Gasteiger partial charge on any atom is -0.378 e. The van der Waals surface area contributed by atoms with Gasteiger partial charge in [-0.05, 0) is 38.5 Å². The topological polar surface area (TPSA) is 38.8 Å². The largest absolute Gasteiger partial charge is 0.378 e. The van der Waals surface area contributed by atoms with Gasteiger partial charge in [-0.2, -0.15) is 0 Å². The number of ether oxygens (including phenoxy) is 2. The molecule has 2 heterocycles. The lowest BCUT2D eigenvalue weighted by Crippen LogP contribution is -2.47. The average molecular weight is 283 g/mol. The number of nitrogens with zero attached hydrogens (tertiary/aromatic N) is 1. The van der Waals surface area contributed by atoms with Crippen molar-refractivity contribution in [2.45, 2.75) is 58.5 Å². The van der Waals surface area contributed by atoms with Gasteiger partial charge in [0.15, 0.2) is 0 Å². The van der Waals surface area contributed by atoms with E-state index in [1.807, 2.05) is 4.90 Å². The first-order valence-electron chi connectivity index (χ1n) is 7.96. The predicted octanol–water partition coefficient (Wildman–Crippen LogP) is 2.61. The van der Waals surface area contributed by atoms with E-state index in [9.17, 15) is 4.79 Å². The Bertz CT molecular complexity index is 333. The van der Waals surface area contributed by atoms with Crippen LogP contribution in [-0.2, 0) is 14.3 Å². The van der Waals surface area contributed by atoms with Gasteiger partial charge in [0.25, 0.3) is 0 Å². The molecular formula is C16H29NO3. The van der Waals surface area contributed by atoms with E-state index in [1.165, 1.54) is 0 Å². The smallest absolute Gasteiger partial charge is 0.223 e. The Morgan fingerprint density at radius 3 is 2.50 bits per heavy atom. The molecule has 4 heteroatoms. The monoisotopic (exact) mass is 283 g/mol. The molecule has 0 N–H and O–H groups in total. The average Bonchev–Trinajstić information content (AvgIpc) is 2.38. The second kappa shape index (κ2) is 6.44. The number of hydrogen-bond donors (Lipinski definition) is 0. The van der Waals surface area contributed by atoms with Crippen LogP contribution in [0.15, 0.2) is 0 Å². The molecular weight excluding hydrogens is 254 g/mol. The third-order valence-electron chi connectivity index (χ3n) is 4.60. The number of amides is 1. The summed E-state index contributed by atoms with van der Waals surface area (Å²) in [6, 6.07) is 0. The molecule has 0 aromatic rings. The molecule has 0 aromatic heterocycles. The van der Waals surface area contributed by atoms with Gasteiger partial charge >= 0.3 is 0 Å². The molecule has 0 radical (unpaired) electrons. The van der Waals surface area contributed by atoms with Crippen LogP contribution in [0.1, 0.15) is 52.9 Å². The molecule has 0 aromatic carbocycles. The van der Waals surface area contributed by atoms with Crippen molar-refractivity contribution in [3.63, 3.8) is 0 Å². The third-order valence-corrected chi connectivity index (χ3v) is 4.60. The summed E-state index contributed by atoms with van der Waals surface area (Å²) in [6.45, 7) is 10.2. The predicted molar refractivity (Wildman–Crippen MR) is 78.6 cm³/mol. The molecule has 4 nitrogen and oxygen atoms in total. The number of rotatable bonds is 4. The van der Waals surface area contributed by atoms with Crippen molar-refractivity contribution in [1.29, 1.82) is 0 Å². The zero-order valence-corrected chi connectivity index (χ0v) is 13.2. The highest BCUT2D eigenvalue weighted by Gasteiger charge is 2.42. The summed E-state index contributed by atoms with van der Waals surface area (Å²) >= 11 is 0. The SMILES string of the molecule is CCC[C@@]1(CC(=O)N2CCOCC2)CCOC(C)(C)C1. The Balaban J connectivity index is 2.02. The molecule has 0 aliphatic carbocycles. The van der Waals surface area contributed by atoms with Gasteiger partial charge in [0.1, 0.15) is 0 Å². The molecule has 116 valence electrons. The van der Waals surface area contributed by atoms with Crippen LogP contribution in [0.2, 0.25) is 0 Å². The Kier molecular flexibility index (Phi) is 5.08. The van der Waals surface area contributed by atoms with Crippen molar-refractivity contribution in [2.24, 2.45) is 5.41 Å². The van der Waals surface area contributed by atoms with E-state index in [0.717, 1.165) is 45.4 Å². The third kappa shape index (κ3) is 3.95. The Morgan fingerprint density at radius 2 is 1.90 bits per heavy atom. The molecule has 20 heavy (non-hydrogen) atoms. The quantitative estimate of drug-likeness (QED) is 0.796. The lowest BCUT2D eigenvalue weighted by molar-refractivity contribution is -0.146. The maximum atomic E-state index is 12.6. The summed E-state index contributed by atoms with van der Waals surface area (Å²) in [7, 11) is 0. The van der Waals surface area contributed by atoms with Gasteiger partial charge in [-0.3, -0.25) is 4.79 Å². The zero-order valence-electron chi connectivity index (χ0n) is 13.2. The zero-order chi connectivity index (χ0) is 14.6. The maximum absolute atomic E-state index is 12.6. The lowest BCUT2D eigenvalue weighted by Gasteiger charge is -2.45. The van der Waals surface area contributed by atoms with Crippen LogP contribution in [0.3, 0.4) is 0 Å². The lowest BCUT2D eigenvalue weighted by atomic mass is 9.69. The van der Waals surface area contributed by atoms with Crippen LogP contribution in [0.25, 0.3) is 0 Å². The maximum Gasteiger partial charge on any atom is 0.223 e. The Hall–Kier alpha value is -0.610. The molecule has 2 fully saturated rings. The molecule has 2 saturated heterocycles. The van der Waals surface area contributed by atoms with Gasteiger partial charge in [-0.25, -0.2) is 0 Å². The van der Waals surface area contributed by atoms with Crippen LogP contribution in [-0.4, -0.2) is 49.3 Å². The fraction of sp³-hybridized carbons (Fsp3) is 0.938. The van der Waals surface area contributed by atoms with E-state index in [-0.39, 0.29) is 11.0 Å². The van der Waals surface area contributed by atoms with Crippen LogP contribution in [0.4, 0.5) is 0 Å².